The van der Waals surface area contributed by atoms with Crippen molar-refractivity contribution in [3.05, 3.63) is 0 Å². The third-order valence-corrected chi connectivity index (χ3v) is 4.21. The van der Waals surface area contributed by atoms with Gasteiger partial charge in [-0.15, -0.1) is 0 Å². The Balaban J connectivity index is 2.16. The molecule has 2 aliphatic rings. The maximum absolute atomic E-state index is 12.7. The van der Waals surface area contributed by atoms with Gasteiger partial charge in [-0.1, -0.05) is 0 Å². The number of amides is 2. The normalized spacial score (nSPS) is 29.3. The Labute approximate surface area is 122 Å². The van der Waals surface area contributed by atoms with Crippen LogP contribution < -0.4 is 5.32 Å². The van der Waals surface area contributed by atoms with Crippen molar-refractivity contribution >= 4 is 18.0 Å². The highest BCUT2D eigenvalue weighted by atomic mass is 16.5. The van der Waals surface area contributed by atoms with Crippen molar-refractivity contribution in [2.75, 3.05) is 14.2 Å². The van der Waals surface area contributed by atoms with E-state index in [9.17, 15) is 19.5 Å². The van der Waals surface area contributed by atoms with Crippen molar-refractivity contribution in [2.24, 2.45) is 5.92 Å². The molecule has 0 aromatic carbocycles. The molecule has 2 rings (SSSR count). The van der Waals surface area contributed by atoms with Crippen LogP contribution in [-0.2, 0) is 19.1 Å². The predicted octanol–water partition coefficient (Wildman–Crippen LogP) is -0.180. The molecule has 21 heavy (non-hydrogen) atoms. The van der Waals surface area contributed by atoms with Crippen molar-refractivity contribution in [3.63, 3.8) is 0 Å². The maximum atomic E-state index is 12.7. The number of nitrogens with one attached hydrogen (secondary N) is 1. The molecule has 0 bridgehead atoms. The molecule has 0 unspecified atom stereocenters. The number of alkyl carbamates (subject to hydrolysis) is 1. The first kappa shape index (κ1) is 15.6. The van der Waals surface area contributed by atoms with Crippen LogP contribution in [-0.4, -0.2) is 66.4 Å². The number of hydrogen-bond acceptors (Lipinski definition) is 5. The summed E-state index contributed by atoms with van der Waals surface area (Å²) in [6.07, 6.45) is -0.0561. The van der Waals surface area contributed by atoms with Gasteiger partial charge < -0.3 is 24.8 Å². The summed E-state index contributed by atoms with van der Waals surface area (Å²) in [6, 6.07) is -1.83. The fourth-order valence-corrected chi connectivity index (χ4v) is 2.86. The van der Waals surface area contributed by atoms with Crippen molar-refractivity contribution in [1.82, 2.24) is 10.2 Å². The van der Waals surface area contributed by atoms with E-state index in [1.807, 2.05) is 0 Å². The molecule has 1 aliphatic heterocycles. The summed E-state index contributed by atoms with van der Waals surface area (Å²) in [5.74, 6) is -1.20. The number of fused-ring (bicyclic) bond motifs is 1. The number of piperidine rings is 1. The van der Waals surface area contributed by atoms with Crippen LogP contribution in [0.5, 0.6) is 0 Å². The Kier molecular flexibility index (Phi) is 4.36. The fourth-order valence-electron chi connectivity index (χ4n) is 2.86. The van der Waals surface area contributed by atoms with Gasteiger partial charge >= 0.3 is 12.1 Å². The fraction of sp³-hybridized carbons (Fsp3) is 0.769. The van der Waals surface area contributed by atoms with Crippen LogP contribution in [0.25, 0.3) is 0 Å². The Morgan fingerprint density at radius 2 is 1.95 bits per heavy atom. The molecule has 1 saturated carbocycles. The van der Waals surface area contributed by atoms with Crippen LogP contribution in [0.2, 0.25) is 0 Å². The molecule has 1 saturated heterocycles. The van der Waals surface area contributed by atoms with E-state index in [2.05, 4.69) is 10.1 Å². The van der Waals surface area contributed by atoms with Gasteiger partial charge in [-0.2, -0.15) is 0 Å². The van der Waals surface area contributed by atoms with Gasteiger partial charge in [0.2, 0.25) is 5.91 Å². The molecule has 0 aromatic rings. The first-order chi connectivity index (χ1) is 9.90. The number of carboxylic acids is 1. The quantitative estimate of drug-likeness (QED) is 0.729. The van der Waals surface area contributed by atoms with Crippen LogP contribution in [0.15, 0.2) is 0 Å². The smallest absolute Gasteiger partial charge is 0.407 e. The van der Waals surface area contributed by atoms with Crippen LogP contribution in [0.1, 0.15) is 19.8 Å². The predicted molar refractivity (Wildman–Crippen MR) is 70.6 cm³/mol. The minimum Gasteiger partial charge on any atom is -0.480 e. The van der Waals surface area contributed by atoms with Crippen LogP contribution in [0.4, 0.5) is 4.79 Å². The summed E-state index contributed by atoms with van der Waals surface area (Å²) >= 11 is 0. The molecule has 2 N–H and O–H groups in total. The lowest BCUT2D eigenvalue weighted by atomic mass is 10.1. The summed E-state index contributed by atoms with van der Waals surface area (Å²) in [7, 11) is 2.61. The van der Waals surface area contributed by atoms with Gasteiger partial charge in [0, 0.05) is 13.2 Å². The summed E-state index contributed by atoms with van der Waals surface area (Å²) in [4.78, 5) is 36.7. The molecular weight excluding hydrogens is 280 g/mol. The molecule has 0 spiro atoms. The van der Waals surface area contributed by atoms with E-state index in [4.69, 9.17) is 4.74 Å². The molecular formula is C13H20N2O6. The number of hydrogen-bond donors (Lipinski definition) is 2. The number of nitrogens with zero attached hydrogens (tertiary/aromatic N) is 1. The third kappa shape index (κ3) is 2.94. The number of carboxylic acid groups (broad SMARTS) is 1. The summed E-state index contributed by atoms with van der Waals surface area (Å²) in [5.41, 5.74) is 0. The summed E-state index contributed by atoms with van der Waals surface area (Å²) in [6.45, 7) is 1.63. The number of aliphatic carboxylic acids is 1. The third-order valence-electron chi connectivity index (χ3n) is 4.21. The highest BCUT2D eigenvalue weighted by molar-refractivity contribution is 5.91. The van der Waals surface area contributed by atoms with Gasteiger partial charge in [0.25, 0.3) is 0 Å². The molecule has 2 amide bonds. The summed E-state index contributed by atoms with van der Waals surface area (Å²) in [5, 5.41) is 11.7. The van der Waals surface area contributed by atoms with Crippen LogP contribution in [0.3, 0.4) is 0 Å². The van der Waals surface area contributed by atoms with E-state index in [1.54, 1.807) is 6.92 Å². The van der Waals surface area contributed by atoms with Crippen molar-refractivity contribution < 1.29 is 29.0 Å². The van der Waals surface area contributed by atoms with Gasteiger partial charge in [0.15, 0.2) is 0 Å². The van der Waals surface area contributed by atoms with E-state index < -0.39 is 36.2 Å². The van der Waals surface area contributed by atoms with Crippen LogP contribution >= 0.6 is 0 Å². The lowest BCUT2D eigenvalue weighted by Gasteiger charge is -2.31. The van der Waals surface area contributed by atoms with Crippen LogP contribution in [0, 0.1) is 5.92 Å². The van der Waals surface area contributed by atoms with Crippen molar-refractivity contribution in [2.45, 2.75) is 44.0 Å². The number of methoxy groups -OCH3 is 2. The number of carbonyl (C=O) groups is 3. The van der Waals surface area contributed by atoms with Crippen molar-refractivity contribution in [3.8, 4) is 0 Å². The number of rotatable bonds is 5. The minimum absolute atomic E-state index is 0.0374. The average Bonchev–Trinajstić information content (AvgIpc) is 3.13. The first-order valence-electron chi connectivity index (χ1n) is 6.83. The Morgan fingerprint density at radius 1 is 1.29 bits per heavy atom. The molecule has 5 atom stereocenters. The zero-order valence-electron chi connectivity index (χ0n) is 12.2. The molecule has 8 nitrogen and oxygen atoms in total. The second-order valence-corrected chi connectivity index (χ2v) is 5.45. The Morgan fingerprint density at radius 3 is 2.48 bits per heavy atom. The van der Waals surface area contributed by atoms with Gasteiger partial charge in [-0.25, -0.2) is 9.59 Å². The Bertz CT molecular complexity index is 454. The Hall–Kier alpha value is -1.83. The van der Waals surface area contributed by atoms with Gasteiger partial charge in [0.05, 0.1) is 13.2 Å². The van der Waals surface area contributed by atoms with Crippen molar-refractivity contribution in [1.29, 1.82) is 0 Å². The molecule has 0 aromatic heterocycles. The second kappa shape index (κ2) is 5.88. The van der Waals surface area contributed by atoms with E-state index in [1.165, 1.54) is 19.1 Å². The molecule has 0 radical (unpaired) electrons. The number of ether oxygens (including phenoxy) is 2. The average molecular weight is 300 g/mol. The SMILES string of the molecule is COC(=O)N[C@H](C(=O)N1[C@@H]2C[C@@H]2C[C@H]1C(=O)O)[C@H](C)OC. The number of likely N-dealkylation sites (tertiary alicyclic amines) is 1. The minimum atomic E-state index is -1.02. The zero-order chi connectivity index (χ0) is 15.7. The second-order valence-electron chi connectivity index (χ2n) is 5.45. The van der Waals surface area contributed by atoms with Gasteiger partial charge in [0.1, 0.15) is 12.1 Å². The van der Waals surface area contributed by atoms with E-state index in [0.29, 0.717) is 6.42 Å². The standard InChI is InChI=1S/C13H20N2O6/c1-6(20-2)10(14-13(19)21-3)11(16)15-8-4-7(8)5-9(15)12(17)18/h6-10H,4-5H2,1-3H3,(H,14,19)(H,17,18)/t6-,7+,8+,9-,10-/m0/s1. The topological polar surface area (TPSA) is 105 Å². The monoisotopic (exact) mass is 300 g/mol. The van der Waals surface area contributed by atoms with Gasteiger partial charge in [-0.05, 0) is 25.7 Å². The largest absolute Gasteiger partial charge is 0.480 e. The van der Waals surface area contributed by atoms with Gasteiger partial charge in [-0.3, -0.25) is 4.79 Å². The first-order valence-corrected chi connectivity index (χ1v) is 6.83. The highest BCUT2D eigenvalue weighted by Crippen LogP contribution is 2.48. The van der Waals surface area contributed by atoms with E-state index in [0.717, 1.165) is 6.42 Å². The highest BCUT2D eigenvalue weighted by Gasteiger charge is 2.57. The van der Waals surface area contributed by atoms with E-state index >= 15 is 0 Å². The molecule has 8 heteroatoms. The maximum Gasteiger partial charge on any atom is 0.407 e. The summed E-state index contributed by atoms with van der Waals surface area (Å²) < 4.78 is 9.62. The molecule has 2 fully saturated rings. The molecule has 1 heterocycles. The number of carbonyl (C=O) groups excluding carboxylic acids is 2. The van der Waals surface area contributed by atoms with E-state index in [-0.39, 0.29) is 12.0 Å². The zero-order valence-corrected chi connectivity index (χ0v) is 12.2. The molecule has 1 aliphatic carbocycles. The molecule has 118 valence electrons. The lowest BCUT2D eigenvalue weighted by Crippen LogP contribution is -2.57. The lowest BCUT2D eigenvalue weighted by molar-refractivity contribution is -0.151.